The Morgan fingerprint density at radius 3 is 2.50 bits per heavy atom. The molecule has 6 heteroatoms. The van der Waals surface area contributed by atoms with Gasteiger partial charge in [0.05, 0.1) is 0 Å². The Bertz CT molecular complexity index is 890. The Morgan fingerprint density at radius 2 is 1.88 bits per heavy atom. The third-order valence-corrected chi connectivity index (χ3v) is 4.91. The van der Waals surface area contributed by atoms with Crippen LogP contribution < -0.4 is 0 Å². The molecule has 1 aromatic heterocycles. The van der Waals surface area contributed by atoms with Gasteiger partial charge in [0, 0.05) is 17.0 Å². The van der Waals surface area contributed by atoms with Gasteiger partial charge in [-0.05, 0) is 49.4 Å². The van der Waals surface area contributed by atoms with Gasteiger partial charge in [0.1, 0.15) is 6.54 Å². The summed E-state index contributed by atoms with van der Waals surface area (Å²) in [6.45, 7) is 4.57. The molecule has 0 fully saturated rings. The van der Waals surface area contributed by atoms with E-state index >= 15 is 0 Å². The molecule has 1 amide bonds. The second kappa shape index (κ2) is 8.19. The summed E-state index contributed by atoms with van der Waals surface area (Å²) in [6.07, 6.45) is 2.06. The summed E-state index contributed by atoms with van der Waals surface area (Å²) in [5, 5.41) is 3.77. The largest absolute Gasteiger partial charge is 0.337 e. The van der Waals surface area contributed by atoms with Crippen molar-refractivity contribution in [1.29, 1.82) is 0 Å². The molecule has 134 valence electrons. The fraction of sp³-hybridized carbons (Fsp3) is 0.250. The van der Waals surface area contributed by atoms with Crippen LogP contribution in [0.1, 0.15) is 29.0 Å². The smallest absolute Gasteiger partial charge is 0.254 e. The van der Waals surface area contributed by atoms with Crippen LogP contribution in [0.15, 0.2) is 57.9 Å². The van der Waals surface area contributed by atoms with Crippen molar-refractivity contribution in [1.82, 2.24) is 15.0 Å². The number of thioether (sulfide) groups is 1. The van der Waals surface area contributed by atoms with Crippen LogP contribution in [0.3, 0.4) is 0 Å². The molecule has 0 saturated heterocycles. The molecule has 0 aliphatic rings. The molecule has 0 radical (unpaired) electrons. The Labute approximate surface area is 157 Å². The van der Waals surface area contributed by atoms with E-state index in [4.69, 9.17) is 4.52 Å². The second-order valence-electron chi connectivity index (χ2n) is 5.83. The zero-order valence-electron chi connectivity index (χ0n) is 15.1. The lowest BCUT2D eigenvalue weighted by Gasteiger charge is -2.19. The van der Waals surface area contributed by atoms with Gasteiger partial charge in [0.25, 0.3) is 5.91 Å². The Hall–Kier alpha value is -2.60. The van der Waals surface area contributed by atoms with Crippen LogP contribution in [-0.2, 0) is 6.54 Å². The molecular weight excluding hydrogens is 346 g/mol. The summed E-state index contributed by atoms with van der Waals surface area (Å²) < 4.78 is 5.13. The van der Waals surface area contributed by atoms with Crippen molar-refractivity contribution in [2.75, 3.05) is 12.8 Å². The number of carbonyl (C=O) groups is 1. The molecule has 0 N–H and O–H groups in total. The molecule has 0 saturated carbocycles. The van der Waals surface area contributed by atoms with Gasteiger partial charge < -0.3 is 9.42 Å². The maximum atomic E-state index is 12.8. The normalized spacial score (nSPS) is 10.7. The minimum Gasteiger partial charge on any atom is -0.337 e. The maximum absolute atomic E-state index is 12.8. The average molecular weight is 367 g/mol. The van der Waals surface area contributed by atoms with Crippen molar-refractivity contribution in [3.63, 3.8) is 0 Å². The molecular formula is C20H21N3O2S. The number of hydrogen-bond donors (Lipinski definition) is 0. The minimum absolute atomic E-state index is 0.0481. The first-order valence-corrected chi connectivity index (χ1v) is 9.66. The summed E-state index contributed by atoms with van der Waals surface area (Å²) in [4.78, 5) is 19.9. The highest BCUT2D eigenvalue weighted by Gasteiger charge is 2.17. The van der Waals surface area contributed by atoms with Crippen LogP contribution in [-0.4, -0.2) is 33.7 Å². The number of aromatic nitrogens is 2. The molecule has 0 aliphatic heterocycles. The number of nitrogens with zero attached hydrogens (tertiary/aromatic N) is 3. The number of rotatable bonds is 6. The zero-order valence-corrected chi connectivity index (χ0v) is 15.9. The van der Waals surface area contributed by atoms with Crippen LogP contribution >= 0.6 is 11.8 Å². The highest BCUT2D eigenvalue weighted by atomic mass is 32.2. The summed E-state index contributed by atoms with van der Waals surface area (Å²) in [7, 11) is 0. The lowest BCUT2D eigenvalue weighted by atomic mass is 10.0. The van der Waals surface area contributed by atoms with Crippen molar-refractivity contribution in [3.8, 4) is 11.1 Å². The van der Waals surface area contributed by atoms with Gasteiger partial charge in [-0.3, -0.25) is 4.79 Å². The van der Waals surface area contributed by atoms with Gasteiger partial charge in [0.2, 0.25) is 5.89 Å². The fourth-order valence-electron chi connectivity index (χ4n) is 2.75. The van der Waals surface area contributed by atoms with Gasteiger partial charge in [-0.15, -0.1) is 11.8 Å². The molecule has 0 unspecified atom stereocenters. The average Bonchev–Trinajstić information content (AvgIpc) is 3.10. The fourth-order valence-corrected chi connectivity index (χ4v) is 3.37. The molecule has 3 aromatic rings. The van der Waals surface area contributed by atoms with Gasteiger partial charge in [0.15, 0.2) is 5.82 Å². The lowest BCUT2D eigenvalue weighted by Crippen LogP contribution is -2.30. The first-order valence-electron chi connectivity index (χ1n) is 8.44. The number of hydrogen-bond acceptors (Lipinski definition) is 5. The molecule has 0 aliphatic carbocycles. The van der Waals surface area contributed by atoms with E-state index in [-0.39, 0.29) is 5.91 Å². The van der Waals surface area contributed by atoms with Crippen LogP contribution in [0, 0.1) is 6.92 Å². The van der Waals surface area contributed by atoms with Gasteiger partial charge in [-0.25, -0.2) is 0 Å². The summed E-state index contributed by atoms with van der Waals surface area (Å²) in [5.41, 5.74) is 2.92. The Balaban J connectivity index is 1.79. The van der Waals surface area contributed by atoms with Crippen molar-refractivity contribution in [2.24, 2.45) is 0 Å². The quantitative estimate of drug-likeness (QED) is 0.603. The second-order valence-corrected chi connectivity index (χ2v) is 6.68. The molecule has 2 aromatic carbocycles. The molecule has 0 atom stereocenters. The van der Waals surface area contributed by atoms with E-state index in [9.17, 15) is 4.79 Å². The predicted molar refractivity (Wildman–Crippen MR) is 103 cm³/mol. The standard InChI is InChI=1S/C20H21N3O2S/c1-4-23(13-19-21-14(2)22-25-19)20(24)16-11-9-15(10-12-16)17-7-5-6-8-18(17)26-3/h5-12H,4,13H2,1-3H3. The zero-order chi connectivity index (χ0) is 18.5. The van der Waals surface area contributed by atoms with Gasteiger partial charge in [-0.1, -0.05) is 35.5 Å². The van der Waals surface area contributed by atoms with Crippen molar-refractivity contribution < 1.29 is 9.32 Å². The Morgan fingerprint density at radius 1 is 1.15 bits per heavy atom. The molecule has 0 bridgehead atoms. The van der Waals surface area contributed by atoms with Crippen LogP contribution in [0.5, 0.6) is 0 Å². The summed E-state index contributed by atoms with van der Waals surface area (Å²) in [5.74, 6) is 0.969. The van der Waals surface area contributed by atoms with Gasteiger partial charge in [-0.2, -0.15) is 4.98 Å². The van der Waals surface area contributed by atoms with Crippen LogP contribution in [0.25, 0.3) is 11.1 Å². The van der Waals surface area contributed by atoms with E-state index < -0.39 is 0 Å². The number of amides is 1. The van der Waals surface area contributed by atoms with Crippen molar-refractivity contribution in [3.05, 3.63) is 65.8 Å². The van der Waals surface area contributed by atoms with E-state index in [1.807, 2.05) is 43.3 Å². The third-order valence-electron chi connectivity index (χ3n) is 4.11. The number of carbonyl (C=O) groups excluding carboxylic acids is 1. The molecule has 0 spiro atoms. The van der Waals surface area contributed by atoms with E-state index in [0.717, 1.165) is 5.56 Å². The monoisotopic (exact) mass is 367 g/mol. The van der Waals surface area contributed by atoms with E-state index in [2.05, 4.69) is 28.5 Å². The molecule has 5 nitrogen and oxygen atoms in total. The third kappa shape index (κ3) is 3.96. The van der Waals surface area contributed by atoms with Crippen molar-refractivity contribution >= 4 is 17.7 Å². The van der Waals surface area contributed by atoms with E-state index in [1.54, 1.807) is 23.6 Å². The predicted octanol–water partition coefficient (Wildman–Crippen LogP) is 4.43. The van der Waals surface area contributed by atoms with Crippen molar-refractivity contribution in [2.45, 2.75) is 25.3 Å². The first-order chi connectivity index (χ1) is 12.6. The van der Waals surface area contributed by atoms with E-state index in [1.165, 1.54) is 10.5 Å². The molecule has 3 rings (SSSR count). The lowest BCUT2D eigenvalue weighted by molar-refractivity contribution is 0.0734. The summed E-state index contributed by atoms with van der Waals surface area (Å²) >= 11 is 1.71. The highest BCUT2D eigenvalue weighted by molar-refractivity contribution is 7.98. The first kappa shape index (κ1) is 18.2. The van der Waals surface area contributed by atoms with Crippen LogP contribution in [0.4, 0.5) is 0 Å². The van der Waals surface area contributed by atoms with Gasteiger partial charge >= 0.3 is 0 Å². The summed E-state index contributed by atoms with van der Waals surface area (Å²) in [6, 6.07) is 16.0. The highest BCUT2D eigenvalue weighted by Crippen LogP contribution is 2.30. The SMILES string of the molecule is CCN(Cc1nc(C)no1)C(=O)c1ccc(-c2ccccc2SC)cc1. The van der Waals surface area contributed by atoms with E-state index in [0.29, 0.717) is 30.4 Å². The topological polar surface area (TPSA) is 59.2 Å². The maximum Gasteiger partial charge on any atom is 0.254 e. The number of aryl methyl sites for hydroxylation is 1. The Kier molecular flexibility index (Phi) is 5.73. The molecule has 26 heavy (non-hydrogen) atoms. The molecule has 1 heterocycles. The number of benzene rings is 2. The minimum atomic E-state index is -0.0481. The van der Waals surface area contributed by atoms with Crippen LogP contribution in [0.2, 0.25) is 0 Å².